The Morgan fingerprint density at radius 2 is 1.32 bits per heavy atom. The second-order valence-corrected chi connectivity index (χ2v) is 6.94. The van der Waals surface area contributed by atoms with Gasteiger partial charge in [-0.25, -0.2) is 4.79 Å². The SMILES string of the molecule is O=C1N/C(=C/c2ccc(OCCOc3ccccc3)cc2)C(=O)N1Cc1ccccc1. The summed E-state index contributed by atoms with van der Waals surface area (Å²) in [7, 11) is 0. The molecule has 0 radical (unpaired) electrons. The maximum absolute atomic E-state index is 12.6. The number of hydrogen-bond acceptors (Lipinski definition) is 4. The van der Waals surface area contributed by atoms with Gasteiger partial charge in [0.05, 0.1) is 6.54 Å². The molecular formula is C25H22N2O4. The van der Waals surface area contributed by atoms with Crippen LogP contribution in [0.25, 0.3) is 6.08 Å². The van der Waals surface area contributed by atoms with Crippen LogP contribution in [-0.2, 0) is 11.3 Å². The summed E-state index contributed by atoms with van der Waals surface area (Å²) in [6, 6.07) is 25.9. The number of hydrogen-bond donors (Lipinski definition) is 1. The van der Waals surface area contributed by atoms with Gasteiger partial charge in [0.1, 0.15) is 30.4 Å². The Morgan fingerprint density at radius 3 is 1.97 bits per heavy atom. The molecule has 1 saturated heterocycles. The Bertz CT molecular complexity index is 1060. The third-order valence-electron chi connectivity index (χ3n) is 4.70. The molecule has 1 N–H and O–H groups in total. The van der Waals surface area contributed by atoms with E-state index in [0.717, 1.165) is 16.9 Å². The Balaban J connectivity index is 1.31. The third-order valence-corrected chi connectivity index (χ3v) is 4.70. The topological polar surface area (TPSA) is 67.9 Å². The maximum atomic E-state index is 12.6. The number of imide groups is 1. The van der Waals surface area contributed by atoms with E-state index >= 15 is 0 Å². The van der Waals surface area contributed by atoms with Gasteiger partial charge in [0.15, 0.2) is 0 Å². The number of amides is 3. The molecule has 156 valence electrons. The highest BCUT2D eigenvalue weighted by Gasteiger charge is 2.33. The third kappa shape index (κ3) is 5.30. The highest BCUT2D eigenvalue weighted by molar-refractivity contribution is 6.13. The van der Waals surface area contributed by atoms with Crippen LogP contribution in [0.3, 0.4) is 0 Å². The van der Waals surface area contributed by atoms with E-state index in [0.29, 0.717) is 19.0 Å². The van der Waals surface area contributed by atoms with Crippen LogP contribution in [0, 0.1) is 0 Å². The van der Waals surface area contributed by atoms with E-state index in [-0.39, 0.29) is 18.1 Å². The lowest BCUT2D eigenvalue weighted by molar-refractivity contribution is -0.123. The molecular weight excluding hydrogens is 392 g/mol. The predicted octanol–water partition coefficient (Wildman–Crippen LogP) is 4.24. The molecule has 0 atom stereocenters. The molecule has 6 nitrogen and oxygen atoms in total. The summed E-state index contributed by atoms with van der Waals surface area (Å²) >= 11 is 0. The fraction of sp³-hybridized carbons (Fsp3) is 0.120. The molecule has 0 aromatic heterocycles. The fourth-order valence-electron chi connectivity index (χ4n) is 3.14. The molecule has 3 amide bonds. The van der Waals surface area contributed by atoms with Crippen LogP contribution in [0.15, 0.2) is 90.6 Å². The number of urea groups is 1. The number of carbonyl (C=O) groups excluding carboxylic acids is 2. The molecule has 1 aliphatic heterocycles. The molecule has 0 saturated carbocycles. The summed E-state index contributed by atoms with van der Waals surface area (Å²) < 4.78 is 11.3. The largest absolute Gasteiger partial charge is 0.490 e. The van der Waals surface area contributed by atoms with Gasteiger partial charge in [0.2, 0.25) is 0 Å². The molecule has 4 rings (SSSR count). The first kappa shape index (κ1) is 20.2. The van der Waals surface area contributed by atoms with E-state index in [1.807, 2.05) is 84.9 Å². The van der Waals surface area contributed by atoms with Gasteiger partial charge in [-0.15, -0.1) is 0 Å². The number of carbonyl (C=O) groups is 2. The molecule has 3 aromatic carbocycles. The first-order chi connectivity index (χ1) is 15.2. The average molecular weight is 414 g/mol. The van der Waals surface area contributed by atoms with Gasteiger partial charge in [-0.05, 0) is 41.5 Å². The van der Waals surface area contributed by atoms with Crippen LogP contribution in [0.2, 0.25) is 0 Å². The van der Waals surface area contributed by atoms with Crippen molar-refractivity contribution in [3.63, 3.8) is 0 Å². The zero-order chi connectivity index (χ0) is 21.5. The van der Waals surface area contributed by atoms with Crippen molar-refractivity contribution in [2.24, 2.45) is 0 Å². The zero-order valence-corrected chi connectivity index (χ0v) is 16.9. The van der Waals surface area contributed by atoms with Crippen molar-refractivity contribution in [2.75, 3.05) is 13.2 Å². The highest BCUT2D eigenvalue weighted by atomic mass is 16.5. The number of benzene rings is 3. The van der Waals surface area contributed by atoms with E-state index < -0.39 is 6.03 Å². The van der Waals surface area contributed by atoms with Crippen LogP contribution in [0.1, 0.15) is 11.1 Å². The number of nitrogens with zero attached hydrogens (tertiary/aromatic N) is 1. The minimum Gasteiger partial charge on any atom is -0.490 e. The lowest BCUT2D eigenvalue weighted by Gasteiger charge is -2.11. The Hall–Kier alpha value is -4.06. The molecule has 31 heavy (non-hydrogen) atoms. The van der Waals surface area contributed by atoms with E-state index in [1.165, 1.54) is 4.90 Å². The molecule has 0 aliphatic carbocycles. The van der Waals surface area contributed by atoms with Crippen molar-refractivity contribution < 1.29 is 19.1 Å². The number of nitrogens with one attached hydrogen (secondary N) is 1. The van der Waals surface area contributed by atoms with E-state index in [4.69, 9.17) is 9.47 Å². The van der Waals surface area contributed by atoms with Crippen LogP contribution < -0.4 is 14.8 Å². The predicted molar refractivity (Wildman–Crippen MR) is 117 cm³/mol. The molecule has 3 aromatic rings. The van der Waals surface area contributed by atoms with Gasteiger partial charge >= 0.3 is 6.03 Å². The summed E-state index contributed by atoms with van der Waals surface area (Å²) in [4.78, 5) is 26.0. The molecule has 0 unspecified atom stereocenters. The van der Waals surface area contributed by atoms with Crippen molar-refractivity contribution in [1.29, 1.82) is 0 Å². The number of rotatable bonds is 8. The monoisotopic (exact) mass is 414 g/mol. The van der Waals surface area contributed by atoms with Crippen LogP contribution in [0.4, 0.5) is 4.79 Å². The smallest absolute Gasteiger partial charge is 0.329 e. The fourth-order valence-corrected chi connectivity index (χ4v) is 3.14. The van der Waals surface area contributed by atoms with Crippen LogP contribution in [-0.4, -0.2) is 30.1 Å². The highest BCUT2D eigenvalue weighted by Crippen LogP contribution is 2.19. The molecule has 1 heterocycles. The lowest BCUT2D eigenvalue weighted by Crippen LogP contribution is -2.30. The summed E-state index contributed by atoms with van der Waals surface area (Å²) in [5, 5.41) is 2.65. The molecule has 1 fully saturated rings. The number of para-hydroxylation sites is 1. The van der Waals surface area contributed by atoms with Gasteiger partial charge in [-0.1, -0.05) is 60.7 Å². The first-order valence-electron chi connectivity index (χ1n) is 9.98. The second kappa shape index (κ2) is 9.63. The second-order valence-electron chi connectivity index (χ2n) is 6.94. The Labute approximate surface area is 180 Å². The van der Waals surface area contributed by atoms with E-state index in [2.05, 4.69) is 5.32 Å². The van der Waals surface area contributed by atoms with Crippen LogP contribution in [0.5, 0.6) is 11.5 Å². The van der Waals surface area contributed by atoms with Crippen molar-refractivity contribution in [3.8, 4) is 11.5 Å². The normalized spacial score (nSPS) is 14.6. The molecule has 6 heteroatoms. The molecule has 1 aliphatic rings. The summed E-state index contributed by atoms with van der Waals surface area (Å²) in [5.41, 5.74) is 1.94. The van der Waals surface area contributed by atoms with Gasteiger partial charge in [-0.2, -0.15) is 0 Å². The minimum atomic E-state index is -0.418. The first-order valence-corrected chi connectivity index (χ1v) is 9.98. The van der Waals surface area contributed by atoms with Gasteiger partial charge in [-0.3, -0.25) is 9.69 Å². The van der Waals surface area contributed by atoms with E-state index in [1.54, 1.807) is 6.08 Å². The van der Waals surface area contributed by atoms with Gasteiger partial charge in [0, 0.05) is 0 Å². The standard InChI is InChI=1S/C25H22N2O4/c28-24-23(26-25(29)27(24)18-20-7-3-1-4-8-20)17-19-11-13-22(14-12-19)31-16-15-30-21-9-5-2-6-10-21/h1-14,17H,15-16,18H2,(H,26,29)/b23-17+. The van der Waals surface area contributed by atoms with Crippen molar-refractivity contribution >= 4 is 18.0 Å². The van der Waals surface area contributed by atoms with Gasteiger partial charge in [0.25, 0.3) is 5.91 Å². The van der Waals surface area contributed by atoms with Crippen LogP contribution >= 0.6 is 0 Å². The van der Waals surface area contributed by atoms with E-state index in [9.17, 15) is 9.59 Å². The average Bonchev–Trinajstić information content (AvgIpc) is 3.06. The van der Waals surface area contributed by atoms with Gasteiger partial charge < -0.3 is 14.8 Å². The summed E-state index contributed by atoms with van der Waals surface area (Å²) in [6.45, 7) is 1.09. The van der Waals surface area contributed by atoms with Crippen molar-refractivity contribution in [3.05, 3.63) is 102 Å². The Kier molecular flexibility index (Phi) is 6.28. The summed E-state index contributed by atoms with van der Waals surface area (Å²) in [6.07, 6.45) is 1.66. The van der Waals surface area contributed by atoms with Crippen molar-refractivity contribution in [2.45, 2.75) is 6.54 Å². The molecule has 0 bridgehead atoms. The zero-order valence-electron chi connectivity index (χ0n) is 16.9. The maximum Gasteiger partial charge on any atom is 0.329 e. The van der Waals surface area contributed by atoms with Crippen molar-refractivity contribution in [1.82, 2.24) is 10.2 Å². The summed E-state index contributed by atoms with van der Waals surface area (Å²) in [5.74, 6) is 1.16. The Morgan fingerprint density at radius 1 is 0.742 bits per heavy atom. The quantitative estimate of drug-likeness (QED) is 0.340. The minimum absolute atomic E-state index is 0.237. The lowest BCUT2D eigenvalue weighted by atomic mass is 10.1. The number of ether oxygens (including phenoxy) is 2. The molecule has 0 spiro atoms.